The molecule has 26 heavy (non-hydrogen) atoms. The van der Waals surface area contributed by atoms with Gasteiger partial charge in [-0.1, -0.05) is 6.07 Å². The summed E-state index contributed by atoms with van der Waals surface area (Å²) in [5, 5.41) is 7.60. The van der Waals surface area contributed by atoms with Gasteiger partial charge in [-0.15, -0.1) is 24.0 Å². The summed E-state index contributed by atoms with van der Waals surface area (Å²) in [6.45, 7) is 6.51. The van der Waals surface area contributed by atoms with Crippen molar-refractivity contribution in [3.05, 3.63) is 47.3 Å². The lowest BCUT2D eigenvalue weighted by Crippen LogP contribution is -2.38. The topological polar surface area (TPSA) is 48.7 Å². The number of guanidine groups is 1. The van der Waals surface area contributed by atoms with Crippen molar-refractivity contribution >= 4 is 35.6 Å². The number of aliphatic imine (C=N–C) groups is 1. The molecule has 1 aromatic carbocycles. The van der Waals surface area contributed by atoms with Crippen LogP contribution in [0.2, 0.25) is 0 Å². The first kappa shape index (κ1) is 22.3. The molecule has 0 atom stereocenters. The Balaban J connectivity index is 0.00000338. The van der Waals surface area contributed by atoms with Crippen molar-refractivity contribution in [1.29, 1.82) is 0 Å². The fraction of sp³-hybridized carbons (Fsp3) is 0.474. The van der Waals surface area contributed by atoms with Crippen molar-refractivity contribution in [2.24, 2.45) is 12.0 Å². The minimum Gasteiger partial charge on any atom is -0.378 e. The van der Waals surface area contributed by atoms with Crippen LogP contribution in [0.5, 0.6) is 0 Å². The molecule has 0 spiro atoms. The van der Waals surface area contributed by atoms with E-state index in [-0.39, 0.29) is 24.0 Å². The second-order valence-electron chi connectivity index (χ2n) is 6.55. The highest BCUT2D eigenvalue weighted by Crippen LogP contribution is 2.18. The Bertz CT molecular complexity index is 723. The maximum atomic E-state index is 4.81. The average molecular weight is 470 g/mol. The fourth-order valence-corrected chi connectivity index (χ4v) is 2.67. The van der Waals surface area contributed by atoms with E-state index in [9.17, 15) is 0 Å². The van der Waals surface area contributed by atoms with Gasteiger partial charge in [-0.2, -0.15) is 5.10 Å². The molecule has 0 bridgehead atoms. The molecule has 2 rings (SSSR count). The Hall–Kier alpha value is -1.77. The van der Waals surface area contributed by atoms with Crippen LogP contribution < -0.4 is 10.2 Å². The molecule has 1 N–H and O–H groups in total. The van der Waals surface area contributed by atoms with Gasteiger partial charge in [0, 0.05) is 58.7 Å². The van der Waals surface area contributed by atoms with Gasteiger partial charge < -0.3 is 15.1 Å². The molecule has 0 aliphatic rings. The largest absolute Gasteiger partial charge is 0.378 e. The van der Waals surface area contributed by atoms with Gasteiger partial charge in [-0.3, -0.25) is 4.68 Å². The molecule has 0 amide bonds. The zero-order valence-electron chi connectivity index (χ0n) is 16.7. The highest BCUT2D eigenvalue weighted by Gasteiger charge is 2.08. The SMILES string of the molecule is CCNC(=NCc1ccc(N(C)C)cc1C)N(C)Cc1cnn(C)c1.I. The van der Waals surface area contributed by atoms with E-state index in [0.29, 0.717) is 6.54 Å². The molecule has 2 aromatic rings. The van der Waals surface area contributed by atoms with Gasteiger partial charge in [0.15, 0.2) is 5.96 Å². The van der Waals surface area contributed by atoms with Gasteiger partial charge in [-0.25, -0.2) is 4.99 Å². The van der Waals surface area contributed by atoms with Gasteiger partial charge in [0.05, 0.1) is 12.7 Å². The number of rotatable bonds is 6. The third-order valence-electron chi connectivity index (χ3n) is 4.12. The lowest BCUT2D eigenvalue weighted by atomic mass is 10.1. The molecule has 0 aliphatic heterocycles. The number of nitrogens with zero attached hydrogens (tertiary/aromatic N) is 5. The summed E-state index contributed by atoms with van der Waals surface area (Å²) in [7, 11) is 8.10. The summed E-state index contributed by atoms with van der Waals surface area (Å²) < 4.78 is 1.82. The van der Waals surface area contributed by atoms with Crippen LogP contribution in [0.3, 0.4) is 0 Å². The quantitative estimate of drug-likeness (QED) is 0.401. The smallest absolute Gasteiger partial charge is 0.194 e. The van der Waals surface area contributed by atoms with Crippen molar-refractivity contribution in [2.45, 2.75) is 26.9 Å². The number of aryl methyl sites for hydroxylation is 2. The molecule has 0 radical (unpaired) electrons. The number of halogens is 1. The van der Waals surface area contributed by atoms with Crippen LogP contribution in [0.15, 0.2) is 35.6 Å². The Morgan fingerprint density at radius 1 is 1.27 bits per heavy atom. The van der Waals surface area contributed by atoms with E-state index >= 15 is 0 Å². The Morgan fingerprint density at radius 2 is 2.00 bits per heavy atom. The summed E-state index contributed by atoms with van der Waals surface area (Å²) in [5.74, 6) is 0.905. The highest BCUT2D eigenvalue weighted by molar-refractivity contribution is 14.0. The lowest BCUT2D eigenvalue weighted by molar-refractivity contribution is 0.476. The van der Waals surface area contributed by atoms with Gasteiger partial charge >= 0.3 is 0 Å². The first-order valence-corrected chi connectivity index (χ1v) is 8.64. The zero-order valence-corrected chi connectivity index (χ0v) is 19.0. The number of aromatic nitrogens is 2. The van der Waals surface area contributed by atoms with Gasteiger partial charge in [0.2, 0.25) is 0 Å². The number of hydrogen-bond donors (Lipinski definition) is 1. The van der Waals surface area contributed by atoms with Crippen LogP contribution in [-0.2, 0) is 20.1 Å². The molecule has 7 heteroatoms. The van der Waals surface area contributed by atoms with E-state index in [0.717, 1.165) is 19.0 Å². The Morgan fingerprint density at radius 3 is 2.54 bits per heavy atom. The molecule has 6 nitrogen and oxygen atoms in total. The van der Waals surface area contributed by atoms with Crippen LogP contribution in [-0.4, -0.2) is 48.3 Å². The third kappa shape index (κ3) is 6.19. The second kappa shape index (κ2) is 10.4. The van der Waals surface area contributed by atoms with Crippen molar-refractivity contribution in [1.82, 2.24) is 20.0 Å². The number of hydrogen-bond acceptors (Lipinski definition) is 3. The van der Waals surface area contributed by atoms with Crippen LogP contribution in [0.1, 0.15) is 23.6 Å². The van der Waals surface area contributed by atoms with E-state index < -0.39 is 0 Å². The monoisotopic (exact) mass is 470 g/mol. The van der Waals surface area contributed by atoms with E-state index in [1.807, 2.05) is 24.1 Å². The van der Waals surface area contributed by atoms with Crippen LogP contribution in [0, 0.1) is 6.92 Å². The van der Waals surface area contributed by atoms with Gasteiger partial charge in [0.1, 0.15) is 0 Å². The lowest BCUT2D eigenvalue weighted by Gasteiger charge is -2.21. The summed E-state index contributed by atoms with van der Waals surface area (Å²) in [4.78, 5) is 9.06. The predicted octanol–water partition coefficient (Wildman–Crippen LogP) is 3.01. The molecule has 1 aromatic heterocycles. The van der Waals surface area contributed by atoms with Crippen LogP contribution >= 0.6 is 24.0 Å². The highest BCUT2D eigenvalue weighted by atomic mass is 127. The van der Waals surface area contributed by atoms with Crippen molar-refractivity contribution < 1.29 is 0 Å². The van der Waals surface area contributed by atoms with E-state index in [1.54, 1.807) is 0 Å². The standard InChI is InChI=1S/C19H30N6.HI/c1-7-20-19(24(5)13-16-11-22-25(6)14-16)21-12-17-8-9-18(23(3)4)10-15(17)2;/h8-11,14H,7,12-13H2,1-6H3,(H,20,21);1H. The number of anilines is 1. The summed E-state index contributed by atoms with van der Waals surface area (Å²) >= 11 is 0. The summed E-state index contributed by atoms with van der Waals surface area (Å²) in [6.07, 6.45) is 3.92. The third-order valence-corrected chi connectivity index (χ3v) is 4.12. The summed E-state index contributed by atoms with van der Waals surface area (Å²) in [5.41, 5.74) is 4.89. The average Bonchev–Trinajstić information content (AvgIpc) is 2.97. The van der Waals surface area contributed by atoms with Crippen molar-refractivity contribution in [3.63, 3.8) is 0 Å². The molecule has 0 saturated carbocycles. The minimum atomic E-state index is 0. The van der Waals surface area contributed by atoms with E-state index in [2.05, 4.69) is 73.4 Å². The zero-order chi connectivity index (χ0) is 18.4. The minimum absolute atomic E-state index is 0. The van der Waals surface area contributed by atoms with Crippen molar-refractivity contribution in [3.8, 4) is 0 Å². The van der Waals surface area contributed by atoms with Crippen molar-refractivity contribution in [2.75, 3.05) is 32.6 Å². The number of nitrogens with one attached hydrogen (secondary N) is 1. The van der Waals surface area contributed by atoms with Gasteiger partial charge in [0.25, 0.3) is 0 Å². The maximum absolute atomic E-state index is 4.81. The molecule has 144 valence electrons. The molecule has 1 heterocycles. The normalized spacial score (nSPS) is 11.1. The van der Waals surface area contributed by atoms with Gasteiger partial charge in [-0.05, 0) is 37.1 Å². The first-order valence-electron chi connectivity index (χ1n) is 8.64. The molecule has 0 unspecified atom stereocenters. The molecular weight excluding hydrogens is 439 g/mol. The summed E-state index contributed by atoms with van der Waals surface area (Å²) in [6, 6.07) is 6.51. The van der Waals surface area contributed by atoms with E-state index in [1.165, 1.54) is 22.4 Å². The molecule has 0 fully saturated rings. The fourth-order valence-electron chi connectivity index (χ4n) is 2.67. The maximum Gasteiger partial charge on any atom is 0.194 e. The predicted molar refractivity (Wildman–Crippen MR) is 120 cm³/mol. The van der Waals surface area contributed by atoms with E-state index in [4.69, 9.17) is 4.99 Å². The molecule has 0 aliphatic carbocycles. The first-order chi connectivity index (χ1) is 11.9. The molecule has 0 saturated heterocycles. The molecular formula is C19H31IN6. The Labute approximate surface area is 174 Å². The van der Waals surface area contributed by atoms with Crippen LogP contribution in [0.25, 0.3) is 0 Å². The van der Waals surface area contributed by atoms with Crippen LogP contribution in [0.4, 0.5) is 5.69 Å². The Kier molecular flexibility index (Phi) is 8.91. The number of benzene rings is 1. The second-order valence-corrected chi connectivity index (χ2v) is 6.55.